The molecule has 0 saturated carbocycles. The molecule has 8 heteroatoms. The summed E-state index contributed by atoms with van der Waals surface area (Å²) in [7, 11) is 3.33. The zero-order valence-corrected chi connectivity index (χ0v) is 18.9. The predicted octanol–water partition coefficient (Wildman–Crippen LogP) is 3.62. The number of fused-ring (bicyclic) bond motifs is 1. The number of aliphatic imine (C=N–C) groups is 1. The van der Waals surface area contributed by atoms with Crippen molar-refractivity contribution in [1.29, 1.82) is 0 Å². The first-order chi connectivity index (χ1) is 16.2. The number of aromatic nitrogens is 2. The molecule has 0 radical (unpaired) electrons. The second-order valence-corrected chi connectivity index (χ2v) is 7.97. The van der Waals surface area contributed by atoms with Crippen molar-refractivity contribution in [1.82, 2.24) is 9.97 Å². The monoisotopic (exact) mass is 445 g/mol. The van der Waals surface area contributed by atoms with Gasteiger partial charge in [0, 0.05) is 25.2 Å². The third-order valence-corrected chi connectivity index (χ3v) is 5.78. The van der Waals surface area contributed by atoms with Crippen LogP contribution in [0.4, 0.5) is 17.2 Å². The maximum atomic E-state index is 5.55. The van der Waals surface area contributed by atoms with Gasteiger partial charge in [-0.2, -0.15) is 0 Å². The van der Waals surface area contributed by atoms with Crippen LogP contribution in [0.5, 0.6) is 11.5 Å². The molecule has 33 heavy (non-hydrogen) atoms. The quantitative estimate of drug-likeness (QED) is 0.621. The number of methoxy groups -OCH3 is 2. The molecule has 2 aliphatic rings. The maximum Gasteiger partial charge on any atom is 0.158 e. The van der Waals surface area contributed by atoms with Gasteiger partial charge in [-0.1, -0.05) is 12.1 Å². The fourth-order valence-corrected chi connectivity index (χ4v) is 4.02. The second kappa shape index (κ2) is 9.46. The molecule has 0 spiro atoms. The second-order valence-electron chi connectivity index (χ2n) is 7.97. The van der Waals surface area contributed by atoms with E-state index in [4.69, 9.17) is 29.2 Å². The summed E-state index contributed by atoms with van der Waals surface area (Å²) in [6.45, 7) is 2.96. The topological polar surface area (TPSA) is 81.1 Å². The molecule has 3 aromatic rings. The molecule has 0 bridgehead atoms. The van der Waals surface area contributed by atoms with Crippen molar-refractivity contribution in [2.75, 3.05) is 50.7 Å². The molecule has 8 nitrogen and oxygen atoms in total. The molecule has 1 fully saturated rings. The number of amidine groups is 1. The van der Waals surface area contributed by atoms with Gasteiger partial charge in [-0.3, -0.25) is 0 Å². The summed E-state index contributed by atoms with van der Waals surface area (Å²) in [5.41, 5.74) is 3.90. The van der Waals surface area contributed by atoms with Gasteiger partial charge in [0.1, 0.15) is 28.8 Å². The van der Waals surface area contributed by atoms with E-state index in [1.54, 1.807) is 14.2 Å². The minimum absolute atomic E-state index is 0.636. The number of rotatable bonds is 6. The smallest absolute Gasteiger partial charge is 0.158 e. The number of hydrogen-bond acceptors (Lipinski definition) is 8. The molecule has 3 heterocycles. The number of hydrogen-bond donors (Lipinski definition) is 1. The first kappa shape index (κ1) is 21.2. The third-order valence-electron chi connectivity index (χ3n) is 5.78. The average molecular weight is 446 g/mol. The molecule has 5 rings (SSSR count). The van der Waals surface area contributed by atoms with Gasteiger partial charge in [0.25, 0.3) is 0 Å². The van der Waals surface area contributed by atoms with E-state index in [0.717, 1.165) is 64.7 Å². The van der Waals surface area contributed by atoms with E-state index in [9.17, 15) is 0 Å². The summed E-state index contributed by atoms with van der Waals surface area (Å²) in [4.78, 5) is 17.0. The molecule has 1 saturated heterocycles. The van der Waals surface area contributed by atoms with E-state index in [1.165, 1.54) is 0 Å². The van der Waals surface area contributed by atoms with Gasteiger partial charge in [-0.05, 0) is 42.0 Å². The molecular formula is C25H27N5O3. The van der Waals surface area contributed by atoms with Gasteiger partial charge in [-0.25, -0.2) is 15.0 Å². The molecule has 0 amide bonds. The van der Waals surface area contributed by atoms with Crippen molar-refractivity contribution >= 4 is 23.0 Å². The highest BCUT2D eigenvalue weighted by molar-refractivity contribution is 6.03. The molecule has 0 unspecified atom stereocenters. The van der Waals surface area contributed by atoms with Crippen LogP contribution in [0.15, 0.2) is 53.5 Å². The Hall–Kier alpha value is -3.65. The lowest BCUT2D eigenvalue weighted by atomic mass is 10.1. The van der Waals surface area contributed by atoms with Gasteiger partial charge >= 0.3 is 0 Å². The minimum atomic E-state index is 0.636. The number of benzene rings is 2. The molecule has 1 N–H and O–H groups in total. The van der Waals surface area contributed by atoms with Crippen molar-refractivity contribution in [3.63, 3.8) is 0 Å². The minimum Gasteiger partial charge on any atom is -0.497 e. The van der Waals surface area contributed by atoms with Gasteiger partial charge in [0.2, 0.25) is 0 Å². The van der Waals surface area contributed by atoms with E-state index >= 15 is 0 Å². The summed E-state index contributed by atoms with van der Waals surface area (Å²) in [6.07, 6.45) is 1.28. The Bertz CT molecular complexity index is 1140. The predicted molar refractivity (Wildman–Crippen MR) is 128 cm³/mol. The van der Waals surface area contributed by atoms with Crippen molar-refractivity contribution in [3.05, 3.63) is 65.6 Å². The van der Waals surface area contributed by atoms with Crippen LogP contribution in [-0.4, -0.2) is 56.3 Å². The lowest BCUT2D eigenvalue weighted by Gasteiger charge is -2.28. The summed E-state index contributed by atoms with van der Waals surface area (Å²) in [5, 5.41) is 3.42. The number of anilines is 2. The van der Waals surface area contributed by atoms with E-state index in [1.807, 2.05) is 36.4 Å². The van der Waals surface area contributed by atoms with Gasteiger partial charge < -0.3 is 24.4 Å². The number of morpholine rings is 1. The lowest BCUT2D eigenvalue weighted by Crippen LogP contribution is -2.37. The van der Waals surface area contributed by atoms with Crippen LogP contribution in [0.3, 0.4) is 0 Å². The Morgan fingerprint density at radius 2 is 1.58 bits per heavy atom. The van der Waals surface area contributed by atoms with Crippen LogP contribution >= 0.6 is 0 Å². The van der Waals surface area contributed by atoms with E-state index in [-0.39, 0.29) is 0 Å². The van der Waals surface area contributed by atoms with E-state index < -0.39 is 0 Å². The Kier molecular flexibility index (Phi) is 6.08. The molecule has 1 aromatic heterocycles. The van der Waals surface area contributed by atoms with Crippen LogP contribution in [-0.2, 0) is 17.6 Å². The van der Waals surface area contributed by atoms with Crippen molar-refractivity contribution in [3.8, 4) is 11.5 Å². The summed E-state index contributed by atoms with van der Waals surface area (Å²) in [5.74, 6) is 4.20. The largest absolute Gasteiger partial charge is 0.497 e. The standard InChI is InChI=1S/C25H27N5O3/c1-31-19-7-3-17(4-8-19)15-22-27-21-16-23(26-18-5-9-20(32-2)10-6-18)28-24(21)25(29-22)30-11-13-33-14-12-30/h3-10H,11-16H2,1-2H3,(H,26,28). The molecule has 2 aromatic carbocycles. The van der Waals surface area contributed by atoms with Crippen molar-refractivity contribution in [2.24, 2.45) is 4.99 Å². The van der Waals surface area contributed by atoms with Gasteiger partial charge in [0.15, 0.2) is 5.82 Å². The summed E-state index contributed by atoms with van der Waals surface area (Å²) < 4.78 is 16.1. The van der Waals surface area contributed by atoms with E-state index in [2.05, 4.69) is 22.3 Å². The van der Waals surface area contributed by atoms with Crippen LogP contribution in [0, 0.1) is 0 Å². The SMILES string of the molecule is COc1ccc(Cc2nc3c(c(N4CCOCC4)n2)N=C(Nc2ccc(OC)cc2)C3)cc1. The van der Waals surface area contributed by atoms with Crippen LogP contribution in [0.25, 0.3) is 0 Å². The van der Waals surface area contributed by atoms with Crippen LogP contribution < -0.4 is 19.7 Å². The highest BCUT2D eigenvalue weighted by atomic mass is 16.5. The fourth-order valence-electron chi connectivity index (χ4n) is 4.02. The zero-order valence-electron chi connectivity index (χ0n) is 18.9. The molecule has 0 aliphatic carbocycles. The third kappa shape index (κ3) is 4.75. The Morgan fingerprint density at radius 3 is 2.24 bits per heavy atom. The molecule has 170 valence electrons. The van der Waals surface area contributed by atoms with E-state index in [0.29, 0.717) is 26.1 Å². The van der Waals surface area contributed by atoms with Crippen LogP contribution in [0.2, 0.25) is 0 Å². The zero-order chi connectivity index (χ0) is 22.6. The Balaban J connectivity index is 1.42. The number of ether oxygens (including phenoxy) is 3. The normalized spacial score (nSPS) is 15.1. The van der Waals surface area contributed by atoms with Crippen molar-refractivity contribution in [2.45, 2.75) is 12.8 Å². The Labute approximate surface area is 193 Å². The van der Waals surface area contributed by atoms with Gasteiger partial charge in [0.05, 0.1) is 39.5 Å². The van der Waals surface area contributed by atoms with Crippen LogP contribution in [0.1, 0.15) is 17.1 Å². The molecule has 0 atom stereocenters. The molecule has 2 aliphatic heterocycles. The van der Waals surface area contributed by atoms with Crippen molar-refractivity contribution < 1.29 is 14.2 Å². The Morgan fingerprint density at radius 1 is 0.909 bits per heavy atom. The number of nitrogens with zero attached hydrogens (tertiary/aromatic N) is 4. The first-order valence-electron chi connectivity index (χ1n) is 11.1. The maximum absolute atomic E-state index is 5.55. The highest BCUT2D eigenvalue weighted by Gasteiger charge is 2.26. The summed E-state index contributed by atoms with van der Waals surface area (Å²) >= 11 is 0. The number of nitrogens with one attached hydrogen (secondary N) is 1. The summed E-state index contributed by atoms with van der Waals surface area (Å²) in [6, 6.07) is 15.8. The lowest BCUT2D eigenvalue weighted by molar-refractivity contribution is 0.122. The first-order valence-corrected chi connectivity index (χ1v) is 11.1. The average Bonchev–Trinajstić information content (AvgIpc) is 3.27. The highest BCUT2D eigenvalue weighted by Crippen LogP contribution is 2.35. The fraction of sp³-hybridized carbons (Fsp3) is 0.320. The van der Waals surface area contributed by atoms with Gasteiger partial charge in [-0.15, -0.1) is 0 Å². The molecular weight excluding hydrogens is 418 g/mol.